The Morgan fingerprint density at radius 3 is 2.13 bits per heavy atom. The number of hydrogen-bond acceptors (Lipinski definition) is 12. The van der Waals surface area contributed by atoms with E-state index in [-0.39, 0.29) is 25.5 Å². The van der Waals surface area contributed by atoms with E-state index in [1.165, 1.54) is 6.92 Å². The van der Waals surface area contributed by atoms with Crippen LogP contribution in [0.15, 0.2) is 24.4 Å². The van der Waals surface area contributed by atoms with Crippen molar-refractivity contribution >= 4 is 29.8 Å². The Morgan fingerprint density at radius 1 is 0.897 bits per heavy atom. The third-order valence-corrected chi connectivity index (χ3v) is 5.62. The molecule has 1 aromatic heterocycles. The first kappa shape index (κ1) is 31.6. The summed E-state index contributed by atoms with van der Waals surface area (Å²) in [4.78, 5) is 65.3. The van der Waals surface area contributed by atoms with Gasteiger partial charge in [-0.3, -0.25) is 29.0 Å². The van der Waals surface area contributed by atoms with Crippen molar-refractivity contribution in [3.8, 4) is 0 Å². The van der Waals surface area contributed by atoms with Crippen molar-refractivity contribution in [1.29, 1.82) is 0 Å². The lowest BCUT2D eigenvalue weighted by Gasteiger charge is -2.44. The van der Waals surface area contributed by atoms with Crippen molar-refractivity contribution in [2.24, 2.45) is 0 Å². The van der Waals surface area contributed by atoms with Gasteiger partial charge in [-0.2, -0.15) is 0 Å². The molecule has 1 fully saturated rings. The molecule has 1 aromatic rings. The van der Waals surface area contributed by atoms with Gasteiger partial charge < -0.3 is 33.3 Å². The van der Waals surface area contributed by atoms with Gasteiger partial charge in [-0.1, -0.05) is 6.07 Å². The SMILES string of the molecule is CC(=O)OC[C@H]1O[C@@H](OCCCC(=O)N(C)CCc2ccccn2)[C@H](OC(C)=O)[C@@H](OC(C)=O)[C@@H]1OC(C)=O. The number of pyridine rings is 1. The quantitative estimate of drug-likeness (QED) is 0.194. The maximum Gasteiger partial charge on any atom is 0.303 e. The lowest BCUT2D eigenvalue weighted by molar-refractivity contribution is -0.308. The van der Waals surface area contributed by atoms with E-state index in [2.05, 4.69) is 4.98 Å². The summed E-state index contributed by atoms with van der Waals surface area (Å²) in [5, 5.41) is 0. The van der Waals surface area contributed by atoms with E-state index in [1.807, 2.05) is 18.2 Å². The van der Waals surface area contributed by atoms with Gasteiger partial charge in [0, 0.05) is 66.0 Å². The minimum absolute atomic E-state index is 0.0214. The molecule has 2 heterocycles. The molecule has 0 radical (unpaired) electrons. The van der Waals surface area contributed by atoms with Crippen LogP contribution in [0.2, 0.25) is 0 Å². The van der Waals surface area contributed by atoms with Crippen LogP contribution < -0.4 is 0 Å². The van der Waals surface area contributed by atoms with Crippen LogP contribution in [0.1, 0.15) is 46.2 Å². The van der Waals surface area contributed by atoms with Gasteiger partial charge >= 0.3 is 23.9 Å². The van der Waals surface area contributed by atoms with Crippen LogP contribution in [-0.4, -0.2) is 97.2 Å². The molecule has 39 heavy (non-hydrogen) atoms. The zero-order valence-electron chi connectivity index (χ0n) is 22.8. The summed E-state index contributed by atoms with van der Waals surface area (Å²) in [6.45, 7) is 4.78. The van der Waals surface area contributed by atoms with Crippen LogP contribution >= 0.6 is 0 Å². The lowest BCUT2D eigenvalue weighted by atomic mass is 9.98. The molecule has 2 rings (SSSR count). The van der Waals surface area contributed by atoms with Crippen molar-refractivity contribution < 1.29 is 52.4 Å². The van der Waals surface area contributed by atoms with E-state index in [4.69, 9.17) is 28.4 Å². The molecule has 0 unspecified atom stereocenters. The summed E-state index contributed by atoms with van der Waals surface area (Å²) < 4.78 is 32.7. The minimum Gasteiger partial charge on any atom is -0.463 e. The van der Waals surface area contributed by atoms with E-state index >= 15 is 0 Å². The monoisotopic (exact) mass is 552 g/mol. The fraction of sp³-hybridized carbons (Fsp3) is 0.615. The van der Waals surface area contributed by atoms with Gasteiger partial charge in [-0.25, -0.2) is 0 Å². The average Bonchev–Trinajstić information content (AvgIpc) is 2.86. The number of esters is 4. The Balaban J connectivity index is 2.06. The number of likely N-dealkylation sites (N-methyl/N-ethyl adjacent to an activating group) is 1. The number of amides is 1. The summed E-state index contributed by atoms with van der Waals surface area (Å²) in [6, 6.07) is 5.60. The van der Waals surface area contributed by atoms with Crippen molar-refractivity contribution in [2.45, 2.75) is 77.7 Å². The van der Waals surface area contributed by atoms with E-state index in [1.54, 1.807) is 18.1 Å². The predicted molar refractivity (Wildman–Crippen MR) is 133 cm³/mol. The molecule has 0 spiro atoms. The second-order valence-electron chi connectivity index (χ2n) is 8.93. The molecule has 0 bridgehead atoms. The molecule has 13 nitrogen and oxygen atoms in total. The third-order valence-electron chi connectivity index (χ3n) is 5.62. The fourth-order valence-electron chi connectivity index (χ4n) is 3.89. The van der Waals surface area contributed by atoms with Gasteiger partial charge in [0.2, 0.25) is 5.91 Å². The third kappa shape index (κ3) is 11.0. The molecule has 216 valence electrons. The highest BCUT2D eigenvalue weighted by molar-refractivity contribution is 5.75. The Labute approximate surface area is 227 Å². The van der Waals surface area contributed by atoms with E-state index in [9.17, 15) is 24.0 Å². The normalized spacial score (nSPS) is 22.3. The summed E-state index contributed by atoms with van der Waals surface area (Å²) >= 11 is 0. The first-order chi connectivity index (χ1) is 18.5. The average molecular weight is 553 g/mol. The molecule has 0 aromatic carbocycles. The van der Waals surface area contributed by atoms with Crippen molar-refractivity contribution in [2.75, 3.05) is 26.8 Å². The molecule has 1 saturated heterocycles. The first-order valence-electron chi connectivity index (χ1n) is 12.5. The Morgan fingerprint density at radius 2 is 1.54 bits per heavy atom. The number of nitrogens with zero attached hydrogens (tertiary/aromatic N) is 2. The summed E-state index contributed by atoms with van der Waals surface area (Å²) in [5.41, 5.74) is 0.879. The number of rotatable bonds is 13. The van der Waals surface area contributed by atoms with E-state index < -0.39 is 54.6 Å². The van der Waals surface area contributed by atoms with E-state index in [0.29, 0.717) is 19.4 Å². The van der Waals surface area contributed by atoms with Gasteiger partial charge in [0.25, 0.3) is 0 Å². The van der Waals surface area contributed by atoms with Gasteiger partial charge in [0.15, 0.2) is 24.6 Å². The highest BCUT2D eigenvalue weighted by atomic mass is 16.7. The summed E-state index contributed by atoms with van der Waals surface area (Å²) in [5.74, 6) is -2.90. The highest BCUT2D eigenvalue weighted by Gasteiger charge is 2.52. The van der Waals surface area contributed by atoms with Crippen LogP contribution in [0.25, 0.3) is 0 Å². The van der Waals surface area contributed by atoms with Crippen LogP contribution in [0.5, 0.6) is 0 Å². The molecule has 1 aliphatic heterocycles. The number of carbonyl (C=O) groups is 5. The summed E-state index contributed by atoms with van der Waals surface area (Å²) in [7, 11) is 1.70. The van der Waals surface area contributed by atoms with Crippen LogP contribution in [0.4, 0.5) is 0 Å². The number of carbonyl (C=O) groups excluding carboxylic acids is 5. The Kier molecular flexibility index (Phi) is 12.8. The van der Waals surface area contributed by atoms with Crippen LogP contribution in [0, 0.1) is 0 Å². The molecular weight excluding hydrogens is 516 g/mol. The zero-order chi connectivity index (χ0) is 28.9. The molecule has 13 heteroatoms. The van der Waals surface area contributed by atoms with Crippen molar-refractivity contribution in [3.05, 3.63) is 30.1 Å². The lowest BCUT2D eigenvalue weighted by Crippen LogP contribution is -2.63. The maximum absolute atomic E-state index is 12.5. The molecular formula is C26H36N2O11. The van der Waals surface area contributed by atoms with Crippen LogP contribution in [-0.2, 0) is 58.8 Å². The highest BCUT2D eigenvalue weighted by Crippen LogP contribution is 2.30. The standard InChI is InChI=1S/C26H36N2O11/c1-16(29)35-15-21-23(36-17(2)30)24(37-18(3)31)25(38-19(4)32)26(39-21)34-14-8-10-22(33)28(5)13-11-20-9-6-7-12-27-20/h6-7,9,12,21,23-26H,8,10-11,13-15H2,1-5H3/t21-,23-,24+,25-,26-/m1/s1. The first-order valence-corrected chi connectivity index (χ1v) is 12.5. The number of aromatic nitrogens is 1. The molecule has 0 saturated carbocycles. The molecule has 1 aliphatic rings. The molecule has 5 atom stereocenters. The Bertz CT molecular complexity index is 987. The van der Waals surface area contributed by atoms with Gasteiger partial charge in [-0.15, -0.1) is 0 Å². The van der Waals surface area contributed by atoms with Crippen molar-refractivity contribution in [1.82, 2.24) is 9.88 Å². The van der Waals surface area contributed by atoms with Crippen LogP contribution in [0.3, 0.4) is 0 Å². The van der Waals surface area contributed by atoms with Crippen molar-refractivity contribution in [3.63, 3.8) is 0 Å². The number of hydrogen-bond donors (Lipinski definition) is 0. The fourth-order valence-corrected chi connectivity index (χ4v) is 3.89. The molecule has 1 amide bonds. The number of ether oxygens (including phenoxy) is 6. The zero-order valence-corrected chi connectivity index (χ0v) is 22.8. The maximum atomic E-state index is 12.5. The molecule has 0 aliphatic carbocycles. The molecule has 0 N–H and O–H groups in total. The summed E-state index contributed by atoms with van der Waals surface area (Å²) in [6.07, 6.45) is -3.46. The second-order valence-corrected chi connectivity index (χ2v) is 8.93. The topological polar surface area (TPSA) is 157 Å². The predicted octanol–water partition coefficient (Wildman–Crippen LogP) is 0.962. The minimum atomic E-state index is -1.31. The largest absolute Gasteiger partial charge is 0.463 e. The van der Waals surface area contributed by atoms with E-state index in [0.717, 1.165) is 26.5 Å². The second kappa shape index (κ2) is 15.7. The smallest absolute Gasteiger partial charge is 0.303 e. The Hall–Kier alpha value is -3.58. The van der Waals surface area contributed by atoms with Gasteiger partial charge in [-0.05, 0) is 18.6 Å². The van der Waals surface area contributed by atoms with Gasteiger partial charge in [0.1, 0.15) is 12.7 Å². The van der Waals surface area contributed by atoms with Gasteiger partial charge in [0.05, 0.1) is 6.61 Å².